The van der Waals surface area contributed by atoms with E-state index < -0.39 is 30.8 Å². The molecular formula is C8H10F6O. The third kappa shape index (κ3) is 3.55. The molecule has 0 aromatic carbocycles. The number of hydrogen-bond donors (Lipinski definition) is 1. The van der Waals surface area contributed by atoms with E-state index >= 15 is 0 Å². The third-order valence-corrected chi connectivity index (χ3v) is 2.36. The number of alkyl halides is 6. The Hall–Kier alpha value is -0.460. The molecule has 1 aliphatic carbocycles. The van der Waals surface area contributed by atoms with Gasteiger partial charge in [-0.15, -0.1) is 0 Å². The second-order valence-corrected chi connectivity index (χ2v) is 3.81. The summed E-state index contributed by atoms with van der Waals surface area (Å²) in [5.74, 6) is -3.81. The molecule has 0 aliphatic heterocycles. The first-order valence-electron chi connectivity index (χ1n) is 4.44. The summed E-state index contributed by atoms with van der Waals surface area (Å²) in [6.07, 6.45) is -12.5. The Morgan fingerprint density at radius 3 is 1.67 bits per heavy atom. The van der Waals surface area contributed by atoms with Crippen LogP contribution in [0.5, 0.6) is 0 Å². The maximum absolute atomic E-state index is 12.1. The lowest BCUT2D eigenvalue weighted by Crippen LogP contribution is -2.45. The summed E-state index contributed by atoms with van der Waals surface area (Å²) in [6, 6.07) is 0. The zero-order valence-corrected chi connectivity index (χ0v) is 7.57. The van der Waals surface area contributed by atoms with Crippen LogP contribution in [0.1, 0.15) is 19.3 Å². The fraction of sp³-hybridized carbons (Fsp3) is 1.00. The van der Waals surface area contributed by atoms with Gasteiger partial charge in [0.05, 0.1) is 6.10 Å². The minimum atomic E-state index is -5.44. The van der Waals surface area contributed by atoms with Gasteiger partial charge in [-0.2, -0.15) is 26.3 Å². The molecule has 1 N–H and O–H groups in total. The van der Waals surface area contributed by atoms with Crippen molar-refractivity contribution in [1.29, 1.82) is 0 Å². The number of aliphatic hydroxyl groups excluding tert-OH is 1. The van der Waals surface area contributed by atoms with Crippen molar-refractivity contribution < 1.29 is 31.4 Å². The molecule has 1 saturated carbocycles. The highest BCUT2D eigenvalue weighted by Crippen LogP contribution is 2.45. The lowest BCUT2D eigenvalue weighted by Gasteiger charge is -2.27. The molecule has 0 radical (unpaired) electrons. The number of halogens is 6. The molecule has 0 saturated heterocycles. The summed E-state index contributed by atoms with van der Waals surface area (Å²) >= 11 is 0. The van der Waals surface area contributed by atoms with Crippen LogP contribution in [0.15, 0.2) is 0 Å². The summed E-state index contributed by atoms with van der Waals surface area (Å²) in [5.41, 5.74) is 0. The molecule has 1 atom stereocenters. The molecule has 1 fully saturated rings. The van der Waals surface area contributed by atoms with Crippen molar-refractivity contribution in [1.82, 2.24) is 0 Å². The molecule has 90 valence electrons. The third-order valence-electron chi connectivity index (χ3n) is 2.36. The average molecular weight is 236 g/mol. The van der Waals surface area contributed by atoms with Crippen molar-refractivity contribution in [3.05, 3.63) is 0 Å². The van der Waals surface area contributed by atoms with Crippen molar-refractivity contribution >= 4 is 0 Å². The van der Waals surface area contributed by atoms with Crippen LogP contribution in [0.4, 0.5) is 26.3 Å². The summed E-state index contributed by atoms with van der Waals surface area (Å²) in [5, 5.41) is 8.95. The first-order chi connectivity index (χ1) is 6.62. The monoisotopic (exact) mass is 236 g/mol. The number of hydrogen-bond acceptors (Lipinski definition) is 1. The molecule has 0 aromatic rings. The molecule has 1 rings (SSSR count). The maximum atomic E-state index is 12.1. The van der Waals surface area contributed by atoms with Gasteiger partial charge in [0.2, 0.25) is 0 Å². The molecule has 1 aliphatic rings. The van der Waals surface area contributed by atoms with E-state index in [1.165, 1.54) is 0 Å². The predicted octanol–water partition coefficient (Wildman–Crippen LogP) is 2.89. The van der Waals surface area contributed by atoms with Gasteiger partial charge in [-0.05, 0) is 12.3 Å². The Balaban J connectivity index is 2.70. The molecule has 0 bridgehead atoms. The lowest BCUT2D eigenvalue weighted by molar-refractivity contribution is -0.306. The molecule has 0 spiro atoms. The van der Waals surface area contributed by atoms with Crippen LogP contribution < -0.4 is 0 Å². The summed E-state index contributed by atoms with van der Waals surface area (Å²) in [7, 11) is 0. The molecule has 1 nitrogen and oxygen atoms in total. The van der Waals surface area contributed by atoms with Gasteiger partial charge < -0.3 is 5.11 Å². The van der Waals surface area contributed by atoms with Gasteiger partial charge in [0.1, 0.15) is 0 Å². The van der Waals surface area contributed by atoms with Crippen LogP contribution in [0.2, 0.25) is 0 Å². The normalized spacial score (nSPS) is 20.8. The van der Waals surface area contributed by atoms with E-state index in [4.69, 9.17) is 5.11 Å². The van der Waals surface area contributed by atoms with E-state index in [2.05, 4.69) is 0 Å². The van der Waals surface area contributed by atoms with Gasteiger partial charge in [0.15, 0.2) is 5.92 Å². The highest BCUT2D eigenvalue weighted by Gasteiger charge is 2.60. The summed E-state index contributed by atoms with van der Waals surface area (Å²) in [6.45, 7) is 0. The van der Waals surface area contributed by atoms with E-state index in [0.29, 0.717) is 12.8 Å². The van der Waals surface area contributed by atoms with Crippen molar-refractivity contribution in [3.8, 4) is 0 Å². The molecule has 0 aromatic heterocycles. The number of aliphatic hydroxyl groups is 1. The lowest BCUT2D eigenvalue weighted by atomic mass is 9.96. The quantitative estimate of drug-likeness (QED) is 0.747. The molecule has 7 heteroatoms. The van der Waals surface area contributed by atoms with E-state index in [1.807, 2.05) is 0 Å². The topological polar surface area (TPSA) is 20.2 Å². The summed E-state index contributed by atoms with van der Waals surface area (Å²) in [4.78, 5) is 0. The predicted molar refractivity (Wildman–Crippen MR) is 38.9 cm³/mol. The molecule has 0 amide bonds. The Kier molecular flexibility index (Phi) is 3.23. The zero-order valence-electron chi connectivity index (χ0n) is 7.57. The van der Waals surface area contributed by atoms with Gasteiger partial charge in [-0.25, -0.2) is 0 Å². The molecule has 0 heterocycles. The summed E-state index contributed by atoms with van der Waals surface area (Å²) < 4.78 is 72.3. The van der Waals surface area contributed by atoms with Crippen molar-refractivity contribution in [3.63, 3.8) is 0 Å². The fourth-order valence-corrected chi connectivity index (χ4v) is 1.45. The van der Waals surface area contributed by atoms with Crippen molar-refractivity contribution in [2.45, 2.75) is 37.7 Å². The Morgan fingerprint density at radius 2 is 1.40 bits per heavy atom. The van der Waals surface area contributed by atoms with Crippen molar-refractivity contribution in [2.75, 3.05) is 0 Å². The largest absolute Gasteiger partial charge is 0.403 e. The first kappa shape index (κ1) is 12.6. The Labute approximate surface area is 82.1 Å². The van der Waals surface area contributed by atoms with Crippen LogP contribution >= 0.6 is 0 Å². The Bertz CT molecular complexity index is 202. The molecular weight excluding hydrogens is 226 g/mol. The van der Waals surface area contributed by atoms with Crippen LogP contribution in [-0.4, -0.2) is 23.6 Å². The number of rotatable bonds is 3. The van der Waals surface area contributed by atoms with Crippen LogP contribution in [0, 0.1) is 11.8 Å². The maximum Gasteiger partial charge on any atom is 0.403 e. The van der Waals surface area contributed by atoms with E-state index in [1.54, 1.807) is 0 Å². The van der Waals surface area contributed by atoms with E-state index in [-0.39, 0.29) is 5.92 Å². The smallest absolute Gasteiger partial charge is 0.392 e. The minimum Gasteiger partial charge on any atom is -0.392 e. The second kappa shape index (κ2) is 3.84. The fourth-order valence-electron chi connectivity index (χ4n) is 1.45. The SMILES string of the molecule is OC(CC1CC1)C(C(F)(F)F)C(F)(F)F. The Morgan fingerprint density at radius 1 is 1.00 bits per heavy atom. The zero-order chi connectivity index (χ0) is 11.9. The van der Waals surface area contributed by atoms with Gasteiger partial charge in [-0.1, -0.05) is 12.8 Å². The second-order valence-electron chi connectivity index (χ2n) is 3.81. The van der Waals surface area contributed by atoms with Crippen molar-refractivity contribution in [2.24, 2.45) is 11.8 Å². The molecule has 15 heavy (non-hydrogen) atoms. The van der Waals surface area contributed by atoms with Crippen LogP contribution in [0.25, 0.3) is 0 Å². The van der Waals surface area contributed by atoms with Crippen LogP contribution in [-0.2, 0) is 0 Å². The first-order valence-corrected chi connectivity index (χ1v) is 4.44. The van der Waals surface area contributed by atoms with Gasteiger partial charge >= 0.3 is 12.4 Å². The van der Waals surface area contributed by atoms with Gasteiger partial charge in [-0.3, -0.25) is 0 Å². The minimum absolute atomic E-state index is 0.188. The van der Waals surface area contributed by atoms with Gasteiger partial charge in [0, 0.05) is 0 Å². The van der Waals surface area contributed by atoms with Crippen LogP contribution in [0.3, 0.4) is 0 Å². The standard InChI is InChI=1S/C8H10F6O/c9-7(10,11)6(8(12,13)14)5(15)3-4-1-2-4/h4-6,15H,1-3H2. The average Bonchev–Trinajstić information content (AvgIpc) is 2.62. The van der Waals surface area contributed by atoms with E-state index in [9.17, 15) is 26.3 Å². The molecule has 1 unspecified atom stereocenters. The van der Waals surface area contributed by atoms with E-state index in [0.717, 1.165) is 0 Å². The highest BCUT2D eigenvalue weighted by atomic mass is 19.4. The highest BCUT2D eigenvalue weighted by molar-refractivity contribution is 4.86. The van der Waals surface area contributed by atoms with Gasteiger partial charge in [0.25, 0.3) is 0 Å².